The molecule has 0 unspecified atom stereocenters. The molecule has 2 rings (SSSR count). The summed E-state index contributed by atoms with van der Waals surface area (Å²) in [4.78, 5) is 8.29. The van der Waals surface area contributed by atoms with Gasteiger partial charge < -0.3 is 5.73 Å². The Morgan fingerprint density at radius 3 is 2.52 bits per heavy atom. The van der Waals surface area contributed by atoms with Crippen LogP contribution in [0.1, 0.15) is 26.4 Å². The van der Waals surface area contributed by atoms with Crippen LogP contribution in [0.4, 0.5) is 5.82 Å². The topological polar surface area (TPSA) is 51.3 Å². The zero-order valence-corrected chi connectivity index (χ0v) is 13.5. The molecule has 0 saturated heterocycles. The lowest BCUT2D eigenvalue weighted by molar-refractivity contribution is 1.25. The van der Waals surface area contributed by atoms with E-state index < -0.39 is 0 Å². The van der Waals surface area contributed by atoms with Crippen LogP contribution in [0.25, 0.3) is 5.57 Å². The minimum absolute atomic E-state index is 0. The number of hydrogen-bond donors (Lipinski definition) is 1. The number of pyridine rings is 1. The van der Waals surface area contributed by atoms with E-state index in [-0.39, 0.29) is 1.43 Å². The number of nitrogens with two attached hydrogens (primary N) is 1. The first-order valence-corrected chi connectivity index (χ1v) is 7.17. The summed E-state index contributed by atoms with van der Waals surface area (Å²) in [7, 11) is 0. The predicted molar refractivity (Wildman–Crippen MR) is 102 cm³/mol. The van der Waals surface area contributed by atoms with Crippen molar-refractivity contribution in [3.63, 3.8) is 0 Å². The van der Waals surface area contributed by atoms with E-state index in [1.807, 2.05) is 55.5 Å². The lowest BCUT2D eigenvalue weighted by atomic mass is 10.0. The summed E-state index contributed by atoms with van der Waals surface area (Å²) in [5.74, 6) is 3.43. The zero-order chi connectivity index (χ0) is 17.1. The number of nitrogens with zero attached hydrogens (tertiary/aromatic N) is 2. The molecule has 3 heteroatoms. The molecule has 2 aromatic rings. The van der Waals surface area contributed by atoms with Crippen molar-refractivity contribution in [3.05, 3.63) is 78.5 Å². The summed E-state index contributed by atoms with van der Waals surface area (Å²) in [6.45, 7) is 7.73. The molecule has 0 aliphatic heterocycles. The summed E-state index contributed by atoms with van der Waals surface area (Å²) >= 11 is 0. The summed E-state index contributed by atoms with van der Waals surface area (Å²) in [6.07, 6.45) is 9.99. The number of aromatic nitrogens is 1. The smallest absolute Gasteiger partial charge is 0.154 e. The maximum Gasteiger partial charge on any atom is 0.154 e. The molecule has 0 bridgehead atoms. The molecule has 0 aliphatic carbocycles. The van der Waals surface area contributed by atoms with Crippen molar-refractivity contribution in [2.45, 2.75) is 13.8 Å². The van der Waals surface area contributed by atoms with Gasteiger partial charge in [-0.1, -0.05) is 48.9 Å². The highest BCUT2D eigenvalue weighted by atomic mass is 14.9. The number of allylic oxidation sites excluding steroid dienone is 2. The molecule has 0 radical (unpaired) electrons. The standard InChI is InChI=1S/C15H15N3.C5H6.H2/c1-11(13-6-4-3-5-7-13)14-8-9-17-15(10-14)18-12(2)16;1-3-5-4-2;/h3-10H,1H2,2H3,(H2,16,17,18);1,4-5H,2H3;1H/b;5-4+;. The number of amidine groups is 1. The third-order valence-corrected chi connectivity index (χ3v) is 2.77. The van der Waals surface area contributed by atoms with Crippen molar-refractivity contribution >= 4 is 17.2 Å². The first-order valence-electron chi connectivity index (χ1n) is 7.17. The monoisotopic (exact) mass is 305 g/mol. The van der Waals surface area contributed by atoms with Gasteiger partial charge in [-0.15, -0.1) is 6.42 Å². The van der Waals surface area contributed by atoms with Crippen LogP contribution < -0.4 is 5.73 Å². The van der Waals surface area contributed by atoms with Gasteiger partial charge in [-0.25, -0.2) is 9.98 Å². The number of hydrogen-bond acceptors (Lipinski definition) is 2. The first kappa shape index (κ1) is 17.9. The molecular formula is C20H23N3. The SMILES string of the molecule is C#C/C=C/C.C=C(c1ccccc1)c1ccnc(N=C(C)N)c1.[HH]. The molecule has 118 valence electrons. The van der Waals surface area contributed by atoms with E-state index in [1.165, 1.54) is 0 Å². The van der Waals surface area contributed by atoms with Crippen LogP contribution in [0.3, 0.4) is 0 Å². The molecule has 1 heterocycles. The van der Waals surface area contributed by atoms with Crippen LogP contribution in [-0.4, -0.2) is 10.8 Å². The molecule has 3 nitrogen and oxygen atoms in total. The van der Waals surface area contributed by atoms with E-state index in [9.17, 15) is 0 Å². The van der Waals surface area contributed by atoms with E-state index >= 15 is 0 Å². The summed E-state index contributed by atoms with van der Waals surface area (Å²) in [5, 5.41) is 0. The van der Waals surface area contributed by atoms with Crippen LogP contribution in [0.5, 0.6) is 0 Å². The maximum absolute atomic E-state index is 5.55. The molecular weight excluding hydrogens is 282 g/mol. The van der Waals surface area contributed by atoms with E-state index in [1.54, 1.807) is 19.2 Å². The van der Waals surface area contributed by atoms with Gasteiger partial charge in [-0.05, 0) is 48.8 Å². The quantitative estimate of drug-likeness (QED) is 0.512. The Bertz CT molecular complexity index is 737. The van der Waals surface area contributed by atoms with E-state index in [0.717, 1.165) is 16.7 Å². The second kappa shape index (κ2) is 9.75. The average molecular weight is 305 g/mol. The predicted octanol–water partition coefficient (Wildman–Crippen LogP) is 4.59. The highest BCUT2D eigenvalue weighted by Gasteiger charge is 2.03. The highest BCUT2D eigenvalue weighted by Crippen LogP contribution is 2.23. The maximum atomic E-state index is 5.55. The molecule has 1 aromatic carbocycles. The van der Waals surface area contributed by atoms with Crippen molar-refractivity contribution in [3.8, 4) is 12.3 Å². The number of terminal acetylenes is 1. The van der Waals surface area contributed by atoms with Crippen molar-refractivity contribution in [1.29, 1.82) is 0 Å². The molecule has 0 spiro atoms. The highest BCUT2D eigenvalue weighted by molar-refractivity contribution is 5.82. The average Bonchev–Trinajstić information content (AvgIpc) is 2.56. The number of rotatable bonds is 3. The van der Waals surface area contributed by atoms with Gasteiger partial charge in [0.05, 0.1) is 5.84 Å². The van der Waals surface area contributed by atoms with Crippen molar-refractivity contribution < 1.29 is 1.43 Å². The number of aliphatic imine (C=N–C) groups is 1. The largest absolute Gasteiger partial charge is 0.387 e. The van der Waals surface area contributed by atoms with Crippen LogP contribution in [-0.2, 0) is 0 Å². The lowest BCUT2D eigenvalue weighted by Gasteiger charge is -2.06. The van der Waals surface area contributed by atoms with E-state index in [2.05, 4.69) is 22.5 Å². The van der Waals surface area contributed by atoms with Gasteiger partial charge >= 0.3 is 0 Å². The van der Waals surface area contributed by atoms with Crippen molar-refractivity contribution in [2.75, 3.05) is 0 Å². The Morgan fingerprint density at radius 2 is 2.00 bits per heavy atom. The second-order valence-corrected chi connectivity index (χ2v) is 4.67. The molecule has 0 atom stereocenters. The normalized spacial score (nSPS) is 10.6. The van der Waals surface area contributed by atoms with Gasteiger partial charge in [-0.3, -0.25) is 0 Å². The molecule has 1 aromatic heterocycles. The van der Waals surface area contributed by atoms with Gasteiger partial charge in [-0.2, -0.15) is 0 Å². The minimum atomic E-state index is 0. The Morgan fingerprint density at radius 1 is 1.30 bits per heavy atom. The molecule has 0 aliphatic rings. The van der Waals surface area contributed by atoms with Gasteiger partial charge in [0.25, 0.3) is 0 Å². The van der Waals surface area contributed by atoms with Gasteiger partial charge in [0.1, 0.15) is 0 Å². The fourth-order valence-corrected chi connectivity index (χ4v) is 1.75. The molecule has 23 heavy (non-hydrogen) atoms. The Hall–Kier alpha value is -3.12. The Balaban J connectivity index is 0.000000777. The summed E-state index contributed by atoms with van der Waals surface area (Å²) < 4.78 is 0. The third-order valence-electron chi connectivity index (χ3n) is 2.77. The molecule has 2 N–H and O–H groups in total. The third kappa shape index (κ3) is 6.45. The molecule has 0 amide bonds. The molecule has 0 fully saturated rings. The van der Waals surface area contributed by atoms with Crippen molar-refractivity contribution in [1.82, 2.24) is 4.98 Å². The van der Waals surface area contributed by atoms with Gasteiger partial charge in [0.2, 0.25) is 0 Å². The fourth-order valence-electron chi connectivity index (χ4n) is 1.75. The van der Waals surface area contributed by atoms with E-state index in [0.29, 0.717) is 11.7 Å². The van der Waals surface area contributed by atoms with Crippen LogP contribution in [0.2, 0.25) is 0 Å². The van der Waals surface area contributed by atoms with Gasteiger partial charge in [0.15, 0.2) is 5.82 Å². The minimum Gasteiger partial charge on any atom is -0.387 e. The summed E-state index contributed by atoms with van der Waals surface area (Å²) in [6, 6.07) is 13.8. The van der Waals surface area contributed by atoms with Crippen LogP contribution >= 0.6 is 0 Å². The number of benzene rings is 1. The van der Waals surface area contributed by atoms with Crippen LogP contribution in [0, 0.1) is 12.3 Å². The summed E-state index contributed by atoms with van der Waals surface area (Å²) in [5.41, 5.74) is 8.58. The van der Waals surface area contributed by atoms with E-state index in [4.69, 9.17) is 12.2 Å². The fraction of sp³-hybridized carbons (Fsp3) is 0.100. The first-order chi connectivity index (χ1) is 11.1. The Kier molecular flexibility index (Phi) is 7.60. The van der Waals surface area contributed by atoms with Crippen molar-refractivity contribution in [2.24, 2.45) is 10.7 Å². The van der Waals surface area contributed by atoms with Gasteiger partial charge in [0, 0.05) is 7.62 Å². The second-order valence-electron chi connectivity index (χ2n) is 4.67. The molecule has 0 saturated carbocycles. The zero-order valence-electron chi connectivity index (χ0n) is 13.5. The van der Waals surface area contributed by atoms with Crippen LogP contribution in [0.15, 0.2) is 72.4 Å². The Labute approximate surface area is 139 Å². The lowest BCUT2D eigenvalue weighted by Crippen LogP contribution is -2.04.